The van der Waals surface area contributed by atoms with Crippen molar-refractivity contribution in [2.75, 3.05) is 11.9 Å². The van der Waals surface area contributed by atoms with Crippen LogP contribution in [0.5, 0.6) is 0 Å². The second kappa shape index (κ2) is 7.00. The molecule has 132 valence electrons. The molecule has 3 rings (SSSR count). The molecule has 2 heterocycles. The van der Waals surface area contributed by atoms with E-state index < -0.39 is 11.7 Å². The minimum atomic E-state index is -0.671. The molecule has 1 atom stereocenters. The second-order valence-electron chi connectivity index (χ2n) is 6.11. The summed E-state index contributed by atoms with van der Waals surface area (Å²) in [6.45, 7) is 4.80. The molecule has 0 radical (unpaired) electrons. The molecule has 0 saturated heterocycles. The van der Waals surface area contributed by atoms with Crippen LogP contribution in [0.3, 0.4) is 0 Å². The van der Waals surface area contributed by atoms with E-state index in [2.05, 4.69) is 20.7 Å². The van der Waals surface area contributed by atoms with Gasteiger partial charge in [-0.25, -0.2) is 9.37 Å². The highest BCUT2D eigenvalue weighted by atomic mass is 19.1. The van der Waals surface area contributed by atoms with E-state index in [0.29, 0.717) is 36.6 Å². The molecule has 0 bridgehead atoms. The Morgan fingerprint density at radius 2 is 2.24 bits per heavy atom. The summed E-state index contributed by atoms with van der Waals surface area (Å²) in [7, 11) is 0. The average Bonchev–Trinajstić information content (AvgIpc) is 2.88. The van der Waals surface area contributed by atoms with Crippen LogP contribution in [-0.4, -0.2) is 33.1 Å². The van der Waals surface area contributed by atoms with Crippen LogP contribution in [0.25, 0.3) is 0 Å². The molecule has 2 amide bonds. The summed E-state index contributed by atoms with van der Waals surface area (Å²) in [5.41, 5.74) is 1.01. The molecule has 2 N–H and O–H groups in total. The third kappa shape index (κ3) is 3.84. The van der Waals surface area contributed by atoms with Crippen LogP contribution in [0.1, 0.15) is 36.0 Å². The standard InChI is InChI=1S/C17H20FN5O2/c1-10-20-11(2)23(22-10)7-3-6-19-17(25)14-9-16(24)21-15-5-4-12(18)8-13(14)15/h4-5,8,14H,3,6-7,9H2,1-2H3,(H,19,25)(H,21,24)/t14-/m1/s1. The number of aromatic nitrogens is 3. The van der Waals surface area contributed by atoms with Crippen LogP contribution in [0, 0.1) is 19.7 Å². The molecule has 0 saturated carbocycles. The van der Waals surface area contributed by atoms with Gasteiger partial charge in [-0.1, -0.05) is 0 Å². The number of rotatable bonds is 5. The van der Waals surface area contributed by atoms with Crippen molar-refractivity contribution < 1.29 is 14.0 Å². The largest absolute Gasteiger partial charge is 0.355 e. The first-order valence-corrected chi connectivity index (χ1v) is 8.19. The van der Waals surface area contributed by atoms with Crippen LogP contribution < -0.4 is 10.6 Å². The Bertz CT molecular complexity index is 817. The third-order valence-electron chi connectivity index (χ3n) is 4.18. The van der Waals surface area contributed by atoms with Crippen LogP contribution in [0.4, 0.5) is 10.1 Å². The molecule has 0 spiro atoms. The molecular formula is C17H20FN5O2. The summed E-state index contributed by atoms with van der Waals surface area (Å²) in [6, 6.07) is 4.06. The number of amides is 2. The van der Waals surface area contributed by atoms with Crippen molar-refractivity contribution in [1.29, 1.82) is 0 Å². The fourth-order valence-corrected chi connectivity index (χ4v) is 3.00. The first-order chi connectivity index (χ1) is 11.9. The lowest BCUT2D eigenvalue weighted by Gasteiger charge is -2.24. The highest BCUT2D eigenvalue weighted by molar-refractivity contribution is 6.01. The predicted molar refractivity (Wildman–Crippen MR) is 89.5 cm³/mol. The fourth-order valence-electron chi connectivity index (χ4n) is 3.00. The zero-order chi connectivity index (χ0) is 18.0. The molecule has 1 aliphatic heterocycles. The van der Waals surface area contributed by atoms with E-state index >= 15 is 0 Å². The van der Waals surface area contributed by atoms with Gasteiger partial charge in [0.2, 0.25) is 11.8 Å². The number of benzene rings is 1. The van der Waals surface area contributed by atoms with E-state index in [1.165, 1.54) is 18.2 Å². The monoisotopic (exact) mass is 345 g/mol. The first-order valence-electron chi connectivity index (χ1n) is 8.19. The number of hydrogen-bond acceptors (Lipinski definition) is 4. The molecule has 2 aromatic rings. The van der Waals surface area contributed by atoms with Gasteiger partial charge in [0.25, 0.3) is 0 Å². The predicted octanol–water partition coefficient (Wildman–Crippen LogP) is 1.67. The molecular weight excluding hydrogens is 325 g/mol. The van der Waals surface area contributed by atoms with E-state index in [4.69, 9.17) is 0 Å². The summed E-state index contributed by atoms with van der Waals surface area (Å²) in [4.78, 5) is 28.5. The number of fused-ring (bicyclic) bond motifs is 1. The van der Waals surface area contributed by atoms with Crippen molar-refractivity contribution in [2.45, 2.75) is 39.2 Å². The van der Waals surface area contributed by atoms with E-state index in [1.807, 2.05) is 13.8 Å². The molecule has 1 aromatic heterocycles. The van der Waals surface area contributed by atoms with E-state index in [1.54, 1.807) is 4.68 Å². The summed E-state index contributed by atoms with van der Waals surface area (Å²) >= 11 is 0. The molecule has 0 unspecified atom stereocenters. The topological polar surface area (TPSA) is 88.9 Å². The van der Waals surface area contributed by atoms with E-state index in [9.17, 15) is 14.0 Å². The van der Waals surface area contributed by atoms with Crippen molar-refractivity contribution in [3.8, 4) is 0 Å². The number of halogens is 1. The first kappa shape index (κ1) is 17.1. The maximum Gasteiger partial charge on any atom is 0.228 e. The number of hydrogen-bond donors (Lipinski definition) is 2. The lowest BCUT2D eigenvalue weighted by Crippen LogP contribution is -2.35. The van der Waals surface area contributed by atoms with Gasteiger partial charge in [0.05, 0.1) is 5.92 Å². The quantitative estimate of drug-likeness (QED) is 0.807. The van der Waals surface area contributed by atoms with Gasteiger partial charge in [0.1, 0.15) is 17.5 Å². The number of aryl methyl sites for hydroxylation is 3. The summed E-state index contributed by atoms with van der Waals surface area (Å²) in [5.74, 6) is -0.0636. The van der Waals surface area contributed by atoms with Gasteiger partial charge >= 0.3 is 0 Å². The van der Waals surface area contributed by atoms with Gasteiger partial charge in [-0.2, -0.15) is 5.10 Å². The number of nitrogens with one attached hydrogen (secondary N) is 2. The smallest absolute Gasteiger partial charge is 0.228 e. The van der Waals surface area contributed by atoms with E-state index in [-0.39, 0.29) is 18.2 Å². The van der Waals surface area contributed by atoms with Gasteiger partial charge in [-0.15, -0.1) is 0 Å². The van der Waals surface area contributed by atoms with Crippen molar-refractivity contribution in [3.05, 3.63) is 41.2 Å². The minimum absolute atomic E-state index is 0.0175. The van der Waals surface area contributed by atoms with Crippen molar-refractivity contribution in [3.63, 3.8) is 0 Å². The van der Waals surface area contributed by atoms with Crippen LogP contribution in [0.2, 0.25) is 0 Å². The Hall–Kier alpha value is -2.77. The van der Waals surface area contributed by atoms with Gasteiger partial charge in [0.15, 0.2) is 0 Å². The zero-order valence-electron chi connectivity index (χ0n) is 14.2. The van der Waals surface area contributed by atoms with Crippen molar-refractivity contribution >= 4 is 17.5 Å². The van der Waals surface area contributed by atoms with Gasteiger partial charge in [-0.05, 0) is 44.0 Å². The number of carbonyl (C=O) groups is 2. The Morgan fingerprint density at radius 1 is 1.44 bits per heavy atom. The van der Waals surface area contributed by atoms with Crippen LogP contribution in [-0.2, 0) is 16.1 Å². The second-order valence-corrected chi connectivity index (χ2v) is 6.11. The minimum Gasteiger partial charge on any atom is -0.355 e. The van der Waals surface area contributed by atoms with Gasteiger partial charge < -0.3 is 10.6 Å². The molecule has 0 aliphatic carbocycles. The Labute approximate surface area is 144 Å². The highest BCUT2D eigenvalue weighted by Gasteiger charge is 2.30. The van der Waals surface area contributed by atoms with Crippen molar-refractivity contribution in [2.24, 2.45) is 0 Å². The molecule has 25 heavy (non-hydrogen) atoms. The summed E-state index contributed by atoms with van der Waals surface area (Å²) < 4.78 is 15.3. The summed E-state index contributed by atoms with van der Waals surface area (Å²) in [6.07, 6.45) is 0.702. The SMILES string of the molecule is Cc1nc(C)n(CCCNC(=O)[C@@H]2CC(=O)Nc3ccc(F)cc32)n1. The zero-order valence-corrected chi connectivity index (χ0v) is 14.2. The number of nitrogens with zero attached hydrogens (tertiary/aromatic N) is 3. The molecule has 1 aliphatic rings. The fraction of sp³-hybridized carbons (Fsp3) is 0.412. The maximum absolute atomic E-state index is 13.5. The van der Waals surface area contributed by atoms with E-state index in [0.717, 1.165) is 5.82 Å². The lowest BCUT2D eigenvalue weighted by molar-refractivity contribution is -0.126. The number of anilines is 1. The maximum atomic E-state index is 13.5. The molecule has 0 fully saturated rings. The summed E-state index contributed by atoms with van der Waals surface area (Å²) in [5, 5.41) is 9.76. The van der Waals surface area contributed by atoms with Gasteiger partial charge in [-0.3, -0.25) is 14.3 Å². The molecule has 8 heteroatoms. The highest BCUT2D eigenvalue weighted by Crippen LogP contribution is 2.32. The Balaban J connectivity index is 1.59. The molecule has 1 aromatic carbocycles. The van der Waals surface area contributed by atoms with Crippen LogP contribution in [0.15, 0.2) is 18.2 Å². The lowest BCUT2D eigenvalue weighted by atomic mass is 9.89. The van der Waals surface area contributed by atoms with Gasteiger partial charge in [0, 0.05) is 25.2 Å². The third-order valence-corrected chi connectivity index (χ3v) is 4.18. The molecule has 7 nitrogen and oxygen atoms in total. The Morgan fingerprint density at radius 3 is 2.96 bits per heavy atom. The van der Waals surface area contributed by atoms with Crippen molar-refractivity contribution in [1.82, 2.24) is 20.1 Å². The van der Waals surface area contributed by atoms with Crippen LogP contribution >= 0.6 is 0 Å². The number of carbonyl (C=O) groups excluding carboxylic acids is 2. The normalized spacial score (nSPS) is 16.3. The average molecular weight is 345 g/mol. The Kier molecular flexibility index (Phi) is 4.78.